The highest BCUT2D eigenvalue weighted by Gasteiger charge is 2.22. The van der Waals surface area contributed by atoms with Crippen molar-refractivity contribution in [2.45, 2.75) is 65.0 Å². The second-order valence-electron chi connectivity index (χ2n) is 8.07. The second kappa shape index (κ2) is 10.6. The first kappa shape index (κ1) is 21.6. The largest absolute Gasteiger partial charge is 0.385 e. The molecular formula is C19H36N6O2. The van der Waals surface area contributed by atoms with Crippen LogP contribution in [0.15, 0.2) is 9.52 Å². The second-order valence-corrected chi connectivity index (χ2v) is 8.07. The van der Waals surface area contributed by atoms with Gasteiger partial charge in [0.05, 0.1) is 0 Å². The van der Waals surface area contributed by atoms with Gasteiger partial charge in [0.25, 0.3) is 0 Å². The Morgan fingerprint density at radius 2 is 2.07 bits per heavy atom. The Labute approximate surface area is 163 Å². The van der Waals surface area contributed by atoms with Gasteiger partial charge in [0.15, 0.2) is 11.8 Å². The van der Waals surface area contributed by atoms with E-state index < -0.39 is 0 Å². The summed E-state index contributed by atoms with van der Waals surface area (Å²) in [5, 5.41) is 10.9. The summed E-state index contributed by atoms with van der Waals surface area (Å²) in [5.74, 6) is 2.08. The molecule has 0 radical (unpaired) electrons. The highest BCUT2D eigenvalue weighted by Crippen LogP contribution is 2.19. The standard InChI is InChI=1S/C19H36N6O2/c1-6-20-18(21-14-16-23-17(27-24-16)19(2,3)4)22-15-8-11-25(12-9-15)10-7-13-26-5/h15H,6-14H2,1-5H3,(H2,20,21,22). The van der Waals surface area contributed by atoms with Gasteiger partial charge in [-0.1, -0.05) is 25.9 Å². The van der Waals surface area contributed by atoms with Crippen LogP contribution in [0.2, 0.25) is 0 Å². The molecule has 1 aromatic rings. The molecule has 27 heavy (non-hydrogen) atoms. The molecule has 0 unspecified atom stereocenters. The van der Waals surface area contributed by atoms with E-state index in [9.17, 15) is 0 Å². The molecule has 0 aromatic carbocycles. The minimum Gasteiger partial charge on any atom is -0.385 e. The summed E-state index contributed by atoms with van der Waals surface area (Å²) < 4.78 is 10.5. The smallest absolute Gasteiger partial charge is 0.232 e. The van der Waals surface area contributed by atoms with E-state index >= 15 is 0 Å². The number of likely N-dealkylation sites (tertiary alicyclic amines) is 1. The Morgan fingerprint density at radius 3 is 2.67 bits per heavy atom. The van der Waals surface area contributed by atoms with Crippen molar-refractivity contribution in [1.82, 2.24) is 25.7 Å². The van der Waals surface area contributed by atoms with Gasteiger partial charge in [-0.05, 0) is 26.2 Å². The van der Waals surface area contributed by atoms with Crippen LogP contribution in [0.4, 0.5) is 0 Å². The third kappa shape index (κ3) is 7.46. The lowest BCUT2D eigenvalue weighted by Crippen LogP contribution is -2.48. The van der Waals surface area contributed by atoms with Gasteiger partial charge in [0.2, 0.25) is 5.89 Å². The fraction of sp³-hybridized carbons (Fsp3) is 0.842. The summed E-state index contributed by atoms with van der Waals surface area (Å²) in [5.41, 5.74) is -0.144. The van der Waals surface area contributed by atoms with E-state index in [1.54, 1.807) is 7.11 Å². The lowest BCUT2D eigenvalue weighted by molar-refractivity contribution is 0.155. The molecule has 8 heteroatoms. The van der Waals surface area contributed by atoms with Gasteiger partial charge in [-0.2, -0.15) is 4.98 Å². The molecule has 0 bridgehead atoms. The fourth-order valence-electron chi connectivity index (χ4n) is 3.02. The van der Waals surface area contributed by atoms with Crippen molar-refractivity contribution in [2.24, 2.45) is 4.99 Å². The number of aromatic nitrogens is 2. The molecule has 154 valence electrons. The Bertz CT molecular complexity index is 573. The molecule has 2 heterocycles. The number of hydrogen-bond acceptors (Lipinski definition) is 6. The van der Waals surface area contributed by atoms with Crippen LogP contribution in [-0.4, -0.2) is 66.9 Å². The van der Waals surface area contributed by atoms with Crippen molar-refractivity contribution in [3.63, 3.8) is 0 Å². The van der Waals surface area contributed by atoms with E-state index in [2.05, 4.69) is 58.4 Å². The van der Waals surface area contributed by atoms with E-state index in [0.29, 0.717) is 24.3 Å². The number of piperidine rings is 1. The Kier molecular flexibility index (Phi) is 8.50. The van der Waals surface area contributed by atoms with Crippen LogP contribution in [-0.2, 0) is 16.7 Å². The van der Waals surface area contributed by atoms with Gasteiger partial charge in [0.1, 0.15) is 6.54 Å². The number of guanidine groups is 1. The number of ether oxygens (including phenoxy) is 1. The molecule has 2 rings (SSSR count). The van der Waals surface area contributed by atoms with Crippen LogP contribution in [0.5, 0.6) is 0 Å². The molecule has 0 aliphatic carbocycles. The minimum atomic E-state index is -0.144. The first-order valence-corrected chi connectivity index (χ1v) is 10.0. The van der Waals surface area contributed by atoms with E-state index in [4.69, 9.17) is 9.26 Å². The van der Waals surface area contributed by atoms with Crippen molar-refractivity contribution < 1.29 is 9.26 Å². The van der Waals surface area contributed by atoms with Gasteiger partial charge in [-0.25, -0.2) is 4.99 Å². The number of hydrogen-bond donors (Lipinski definition) is 2. The van der Waals surface area contributed by atoms with Crippen LogP contribution < -0.4 is 10.6 Å². The molecule has 1 aliphatic heterocycles. The molecule has 8 nitrogen and oxygen atoms in total. The highest BCUT2D eigenvalue weighted by molar-refractivity contribution is 5.80. The molecule has 0 amide bonds. The Morgan fingerprint density at radius 1 is 1.33 bits per heavy atom. The third-order valence-corrected chi connectivity index (χ3v) is 4.58. The number of nitrogens with zero attached hydrogens (tertiary/aromatic N) is 4. The van der Waals surface area contributed by atoms with E-state index in [1.807, 2.05) is 0 Å². The molecule has 1 aromatic heterocycles. The van der Waals surface area contributed by atoms with Crippen LogP contribution in [0.3, 0.4) is 0 Å². The predicted octanol–water partition coefficient (Wildman–Crippen LogP) is 1.92. The van der Waals surface area contributed by atoms with Crippen molar-refractivity contribution in [3.8, 4) is 0 Å². The van der Waals surface area contributed by atoms with Gasteiger partial charge in [-0.3, -0.25) is 0 Å². The summed E-state index contributed by atoms with van der Waals surface area (Å²) in [4.78, 5) is 11.6. The molecular weight excluding hydrogens is 344 g/mol. The Hall–Kier alpha value is -1.67. The van der Waals surface area contributed by atoms with E-state index in [-0.39, 0.29) is 5.41 Å². The van der Waals surface area contributed by atoms with Crippen LogP contribution in [0, 0.1) is 0 Å². The van der Waals surface area contributed by atoms with Crippen LogP contribution >= 0.6 is 0 Å². The predicted molar refractivity (Wildman–Crippen MR) is 107 cm³/mol. The normalized spacial score (nSPS) is 17.3. The van der Waals surface area contributed by atoms with Gasteiger partial charge in [0, 0.05) is 51.4 Å². The average molecular weight is 381 g/mol. The topological polar surface area (TPSA) is 87.8 Å². The molecule has 0 saturated carbocycles. The number of rotatable bonds is 8. The third-order valence-electron chi connectivity index (χ3n) is 4.58. The highest BCUT2D eigenvalue weighted by atomic mass is 16.5. The average Bonchev–Trinajstić information content (AvgIpc) is 3.11. The lowest BCUT2D eigenvalue weighted by atomic mass is 9.97. The quantitative estimate of drug-likeness (QED) is 0.405. The fourth-order valence-corrected chi connectivity index (χ4v) is 3.02. The molecule has 0 spiro atoms. The van der Waals surface area contributed by atoms with Crippen molar-refractivity contribution in [2.75, 3.05) is 39.9 Å². The molecule has 1 fully saturated rings. The molecule has 0 atom stereocenters. The summed E-state index contributed by atoms with van der Waals surface area (Å²) in [7, 11) is 1.76. The summed E-state index contributed by atoms with van der Waals surface area (Å²) in [6.07, 6.45) is 3.33. The number of nitrogens with one attached hydrogen (secondary N) is 2. The zero-order valence-corrected chi connectivity index (χ0v) is 17.5. The summed E-state index contributed by atoms with van der Waals surface area (Å²) in [6, 6.07) is 0.442. The van der Waals surface area contributed by atoms with Crippen molar-refractivity contribution >= 4 is 5.96 Å². The SMILES string of the molecule is CCNC(=NCc1noc(C(C)(C)C)n1)NC1CCN(CCCOC)CC1. The maximum atomic E-state index is 5.34. The molecule has 1 aliphatic rings. The number of methoxy groups -OCH3 is 1. The van der Waals surface area contributed by atoms with Gasteiger partial charge in [-0.15, -0.1) is 0 Å². The van der Waals surface area contributed by atoms with Gasteiger partial charge >= 0.3 is 0 Å². The number of aliphatic imine (C=N–C) groups is 1. The maximum Gasteiger partial charge on any atom is 0.232 e. The summed E-state index contributed by atoms with van der Waals surface area (Å²) >= 11 is 0. The van der Waals surface area contributed by atoms with Crippen LogP contribution in [0.25, 0.3) is 0 Å². The summed E-state index contributed by atoms with van der Waals surface area (Å²) in [6.45, 7) is 13.6. The molecule has 2 N–H and O–H groups in total. The maximum absolute atomic E-state index is 5.34. The van der Waals surface area contributed by atoms with E-state index in [0.717, 1.165) is 58.0 Å². The van der Waals surface area contributed by atoms with Gasteiger partial charge < -0.3 is 24.8 Å². The first-order valence-electron chi connectivity index (χ1n) is 10.0. The van der Waals surface area contributed by atoms with Crippen molar-refractivity contribution in [3.05, 3.63) is 11.7 Å². The first-order chi connectivity index (χ1) is 12.9. The monoisotopic (exact) mass is 380 g/mol. The molecule has 1 saturated heterocycles. The lowest BCUT2D eigenvalue weighted by Gasteiger charge is -2.33. The zero-order chi connectivity index (χ0) is 19.7. The zero-order valence-electron chi connectivity index (χ0n) is 17.5. The van der Waals surface area contributed by atoms with Crippen LogP contribution in [0.1, 0.15) is 58.7 Å². The Balaban J connectivity index is 1.83. The van der Waals surface area contributed by atoms with E-state index in [1.165, 1.54) is 0 Å². The van der Waals surface area contributed by atoms with Crippen molar-refractivity contribution in [1.29, 1.82) is 0 Å². The minimum absolute atomic E-state index is 0.144.